The van der Waals surface area contributed by atoms with Gasteiger partial charge in [-0.15, -0.1) is 0 Å². The van der Waals surface area contributed by atoms with Crippen molar-refractivity contribution in [1.82, 2.24) is 0 Å². The Morgan fingerprint density at radius 2 is 1.35 bits per heavy atom. The fraction of sp³-hybridized carbons (Fsp3) is 0.368. The van der Waals surface area contributed by atoms with Crippen LogP contribution < -0.4 is 5.32 Å². The number of benzene rings is 2. The SMILES string of the molecule is c1ccc(NC(c2ccccc2)C2CCCCC2)cc1. The Bertz CT molecular complexity index is 500. The average Bonchev–Trinajstić information content (AvgIpc) is 2.55. The highest BCUT2D eigenvalue weighted by molar-refractivity contribution is 5.45. The molecule has 1 heteroatoms. The number of rotatable bonds is 4. The van der Waals surface area contributed by atoms with Gasteiger partial charge in [-0.2, -0.15) is 0 Å². The van der Waals surface area contributed by atoms with Gasteiger partial charge in [-0.3, -0.25) is 0 Å². The third kappa shape index (κ3) is 3.22. The van der Waals surface area contributed by atoms with Crippen molar-refractivity contribution in [3.05, 3.63) is 66.2 Å². The number of hydrogen-bond acceptors (Lipinski definition) is 1. The quantitative estimate of drug-likeness (QED) is 0.778. The molecule has 0 saturated heterocycles. The smallest absolute Gasteiger partial charge is 0.0542 e. The highest BCUT2D eigenvalue weighted by Gasteiger charge is 2.24. The Balaban J connectivity index is 1.83. The third-order valence-corrected chi connectivity index (χ3v) is 4.38. The van der Waals surface area contributed by atoms with Gasteiger partial charge < -0.3 is 5.32 Å². The highest BCUT2D eigenvalue weighted by Crippen LogP contribution is 2.36. The predicted octanol–water partition coefficient (Wildman–Crippen LogP) is 5.42. The Hall–Kier alpha value is -1.76. The van der Waals surface area contributed by atoms with Crippen molar-refractivity contribution in [3.63, 3.8) is 0 Å². The summed E-state index contributed by atoms with van der Waals surface area (Å²) in [5.41, 5.74) is 2.65. The van der Waals surface area contributed by atoms with Crippen LogP contribution in [0.2, 0.25) is 0 Å². The van der Waals surface area contributed by atoms with Crippen molar-refractivity contribution in [2.24, 2.45) is 5.92 Å². The van der Waals surface area contributed by atoms with Crippen molar-refractivity contribution in [3.8, 4) is 0 Å². The molecule has 0 bridgehead atoms. The van der Waals surface area contributed by atoms with Crippen LogP contribution in [0.25, 0.3) is 0 Å². The minimum atomic E-state index is 0.443. The average molecular weight is 265 g/mol. The Kier molecular flexibility index (Phi) is 4.37. The van der Waals surface area contributed by atoms with Gasteiger partial charge in [0, 0.05) is 5.69 Å². The van der Waals surface area contributed by atoms with Crippen LogP contribution in [0.15, 0.2) is 60.7 Å². The molecule has 1 saturated carbocycles. The maximum atomic E-state index is 3.76. The molecule has 3 rings (SSSR count). The molecule has 104 valence electrons. The van der Waals surface area contributed by atoms with E-state index < -0.39 is 0 Å². The van der Waals surface area contributed by atoms with E-state index in [0.29, 0.717) is 6.04 Å². The molecule has 1 aliphatic rings. The first-order chi connectivity index (χ1) is 9.93. The van der Waals surface area contributed by atoms with Crippen LogP contribution in [0.4, 0.5) is 5.69 Å². The standard InChI is InChI=1S/C19H23N/c1-4-10-16(11-5-1)19(17-12-6-2-7-13-17)20-18-14-8-3-9-15-18/h1,3-5,8-11,14-15,17,19-20H,2,6-7,12-13H2. The minimum Gasteiger partial charge on any atom is -0.378 e. The molecule has 0 radical (unpaired) electrons. The monoisotopic (exact) mass is 265 g/mol. The van der Waals surface area contributed by atoms with Gasteiger partial charge in [-0.05, 0) is 36.5 Å². The fourth-order valence-corrected chi connectivity index (χ4v) is 3.32. The molecular formula is C19H23N. The topological polar surface area (TPSA) is 12.0 Å². The first-order valence-corrected chi connectivity index (χ1v) is 7.80. The lowest BCUT2D eigenvalue weighted by Crippen LogP contribution is -2.23. The summed E-state index contributed by atoms with van der Waals surface area (Å²) >= 11 is 0. The number of nitrogens with one attached hydrogen (secondary N) is 1. The molecule has 1 fully saturated rings. The number of hydrogen-bond donors (Lipinski definition) is 1. The van der Waals surface area contributed by atoms with E-state index in [-0.39, 0.29) is 0 Å². The van der Waals surface area contributed by atoms with E-state index in [2.05, 4.69) is 66.0 Å². The lowest BCUT2D eigenvalue weighted by atomic mass is 9.81. The minimum absolute atomic E-state index is 0.443. The summed E-state index contributed by atoms with van der Waals surface area (Å²) in [4.78, 5) is 0. The van der Waals surface area contributed by atoms with Gasteiger partial charge in [-0.1, -0.05) is 67.8 Å². The molecule has 1 unspecified atom stereocenters. The van der Waals surface area contributed by atoms with Gasteiger partial charge in [-0.25, -0.2) is 0 Å². The second-order valence-electron chi connectivity index (χ2n) is 5.80. The zero-order valence-electron chi connectivity index (χ0n) is 12.0. The van der Waals surface area contributed by atoms with Crippen molar-refractivity contribution >= 4 is 5.69 Å². The van der Waals surface area contributed by atoms with Crippen LogP contribution in [0.1, 0.15) is 43.7 Å². The van der Waals surface area contributed by atoms with Crippen LogP contribution in [0.3, 0.4) is 0 Å². The van der Waals surface area contributed by atoms with Gasteiger partial charge in [0.15, 0.2) is 0 Å². The maximum Gasteiger partial charge on any atom is 0.0542 e. The van der Waals surface area contributed by atoms with Gasteiger partial charge in [0.1, 0.15) is 0 Å². The first-order valence-electron chi connectivity index (χ1n) is 7.80. The summed E-state index contributed by atoms with van der Waals surface area (Å²) in [6, 6.07) is 22.0. The summed E-state index contributed by atoms with van der Waals surface area (Å²) in [6.45, 7) is 0. The van der Waals surface area contributed by atoms with Crippen LogP contribution in [-0.2, 0) is 0 Å². The summed E-state index contributed by atoms with van der Waals surface area (Å²) < 4.78 is 0. The van der Waals surface area contributed by atoms with E-state index in [1.807, 2.05) is 0 Å². The van der Waals surface area contributed by atoms with Crippen LogP contribution >= 0.6 is 0 Å². The second kappa shape index (κ2) is 6.60. The van der Waals surface area contributed by atoms with Gasteiger partial charge in [0.05, 0.1) is 6.04 Å². The largest absolute Gasteiger partial charge is 0.378 e. The van der Waals surface area contributed by atoms with E-state index in [1.165, 1.54) is 43.4 Å². The van der Waals surface area contributed by atoms with Crippen molar-refractivity contribution in [2.45, 2.75) is 38.1 Å². The molecular weight excluding hydrogens is 242 g/mol. The first kappa shape index (κ1) is 13.2. The molecule has 1 atom stereocenters. The van der Waals surface area contributed by atoms with Crippen molar-refractivity contribution < 1.29 is 0 Å². The van der Waals surface area contributed by atoms with E-state index >= 15 is 0 Å². The third-order valence-electron chi connectivity index (χ3n) is 4.38. The molecule has 1 aliphatic carbocycles. The molecule has 20 heavy (non-hydrogen) atoms. The maximum absolute atomic E-state index is 3.76. The molecule has 1 nitrogen and oxygen atoms in total. The fourth-order valence-electron chi connectivity index (χ4n) is 3.32. The van der Waals surface area contributed by atoms with E-state index in [9.17, 15) is 0 Å². The molecule has 0 spiro atoms. The highest BCUT2D eigenvalue weighted by atomic mass is 14.9. The van der Waals surface area contributed by atoms with E-state index in [4.69, 9.17) is 0 Å². The molecule has 0 heterocycles. The van der Waals surface area contributed by atoms with Crippen LogP contribution in [0.5, 0.6) is 0 Å². The van der Waals surface area contributed by atoms with E-state index in [1.54, 1.807) is 0 Å². The number of anilines is 1. The second-order valence-corrected chi connectivity index (χ2v) is 5.80. The molecule has 0 aliphatic heterocycles. The summed E-state index contributed by atoms with van der Waals surface area (Å²) in [7, 11) is 0. The lowest BCUT2D eigenvalue weighted by molar-refractivity contribution is 0.321. The van der Waals surface area contributed by atoms with Crippen molar-refractivity contribution in [2.75, 3.05) is 5.32 Å². The molecule has 0 amide bonds. The van der Waals surface area contributed by atoms with Gasteiger partial charge in [0.2, 0.25) is 0 Å². The van der Waals surface area contributed by atoms with Crippen molar-refractivity contribution in [1.29, 1.82) is 0 Å². The van der Waals surface area contributed by atoms with Crippen LogP contribution in [-0.4, -0.2) is 0 Å². The zero-order chi connectivity index (χ0) is 13.6. The molecule has 2 aromatic carbocycles. The molecule has 1 N–H and O–H groups in total. The van der Waals surface area contributed by atoms with E-state index in [0.717, 1.165) is 5.92 Å². The number of para-hydroxylation sites is 1. The Morgan fingerprint density at radius 1 is 0.750 bits per heavy atom. The summed E-state index contributed by atoms with van der Waals surface area (Å²) in [5, 5.41) is 3.76. The normalized spacial score (nSPS) is 17.6. The predicted molar refractivity (Wildman–Crippen MR) is 85.8 cm³/mol. The zero-order valence-corrected chi connectivity index (χ0v) is 12.0. The Morgan fingerprint density at radius 3 is 2.00 bits per heavy atom. The van der Waals surface area contributed by atoms with Gasteiger partial charge in [0.25, 0.3) is 0 Å². The van der Waals surface area contributed by atoms with Gasteiger partial charge >= 0.3 is 0 Å². The van der Waals surface area contributed by atoms with Crippen LogP contribution in [0, 0.1) is 5.92 Å². The summed E-state index contributed by atoms with van der Waals surface area (Å²) in [5.74, 6) is 0.756. The molecule has 0 aromatic heterocycles. The summed E-state index contributed by atoms with van der Waals surface area (Å²) in [6.07, 6.45) is 6.86. The lowest BCUT2D eigenvalue weighted by Gasteiger charge is -2.32. The Labute approximate surface area is 122 Å². The molecule has 2 aromatic rings.